The number of hydrogen-bond acceptors (Lipinski definition) is 4. The van der Waals surface area contributed by atoms with E-state index in [4.69, 9.17) is 5.73 Å². The van der Waals surface area contributed by atoms with Crippen molar-refractivity contribution < 1.29 is 0 Å². The van der Waals surface area contributed by atoms with Gasteiger partial charge in [-0.3, -0.25) is 4.57 Å². The van der Waals surface area contributed by atoms with Gasteiger partial charge < -0.3 is 5.73 Å². The van der Waals surface area contributed by atoms with Crippen LogP contribution in [0.3, 0.4) is 0 Å². The molecule has 5 nitrogen and oxygen atoms in total. The van der Waals surface area contributed by atoms with Crippen LogP contribution >= 0.6 is 27.7 Å². The van der Waals surface area contributed by atoms with Gasteiger partial charge in [0.15, 0.2) is 5.16 Å². The van der Waals surface area contributed by atoms with Gasteiger partial charge in [-0.2, -0.15) is 0 Å². The summed E-state index contributed by atoms with van der Waals surface area (Å²) in [5.41, 5.74) is 7.51. The number of benzene rings is 1. The van der Waals surface area contributed by atoms with Gasteiger partial charge in [-0.05, 0) is 31.5 Å². The number of nitrogens with one attached hydrogen (secondary N) is 1. The summed E-state index contributed by atoms with van der Waals surface area (Å²) < 4.78 is 2.60. The molecule has 0 aliphatic heterocycles. The Morgan fingerprint density at radius 3 is 2.89 bits per heavy atom. The van der Waals surface area contributed by atoms with E-state index < -0.39 is 0 Å². The van der Waals surface area contributed by atoms with E-state index in [1.54, 1.807) is 4.57 Å². The third kappa shape index (κ3) is 3.03. The predicted molar refractivity (Wildman–Crippen MR) is 81.3 cm³/mol. The zero-order valence-electron chi connectivity index (χ0n) is 10.7. The van der Waals surface area contributed by atoms with Gasteiger partial charge in [0.1, 0.15) is 0 Å². The maximum absolute atomic E-state index is 11.6. The SMILES string of the molecule is CC(C)n1c(SCc2c(N)cccc2Br)n[nH]c1=O. The van der Waals surface area contributed by atoms with Gasteiger partial charge in [0, 0.05) is 22.0 Å². The minimum atomic E-state index is -0.183. The molecule has 1 aromatic carbocycles. The first-order valence-electron chi connectivity index (χ1n) is 5.83. The van der Waals surface area contributed by atoms with E-state index in [-0.39, 0.29) is 11.7 Å². The molecule has 0 saturated heterocycles. The molecule has 0 fully saturated rings. The van der Waals surface area contributed by atoms with Crippen LogP contribution in [-0.4, -0.2) is 14.8 Å². The topological polar surface area (TPSA) is 76.7 Å². The molecule has 0 saturated carbocycles. The first-order valence-corrected chi connectivity index (χ1v) is 7.61. The van der Waals surface area contributed by atoms with E-state index in [1.165, 1.54) is 11.8 Å². The number of thioether (sulfide) groups is 1. The molecule has 0 spiro atoms. The minimum absolute atomic E-state index is 0.0744. The summed E-state index contributed by atoms with van der Waals surface area (Å²) in [5.74, 6) is 0.657. The molecule has 2 aromatic rings. The number of anilines is 1. The minimum Gasteiger partial charge on any atom is -0.398 e. The summed E-state index contributed by atoms with van der Waals surface area (Å²) in [6.07, 6.45) is 0. The number of nitrogens with zero attached hydrogens (tertiary/aromatic N) is 2. The van der Waals surface area contributed by atoms with E-state index in [0.717, 1.165) is 15.7 Å². The molecular weight excluding hydrogens is 328 g/mol. The molecule has 19 heavy (non-hydrogen) atoms. The number of hydrogen-bond donors (Lipinski definition) is 2. The number of halogens is 1. The van der Waals surface area contributed by atoms with Crippen molar-refractivity contribution in [3.05, 3.63) is 38.7 Å². The van der Waals surface area contributed by atoms with Crippen LogP contribution in [-0.2, 0) is 5.75 Å². The first kappa shape index (κ1) is 14.2. The molecular formula is C12H15BrN4OS. The molecule has 0 bridgehead atoms. The van der Waals surface area contributed by atoms with Gasteiger partial charge in [-0.1, -0.05) is 33.8 Å². The zero-order valence-corrected chi connectivity index (χ0v) is 13.1. The Hall–Kier alpha value is -1.21. The second kappa shape index (κ2) is 5.83. The monoisotopic (exact) mass is 342 g/mol. The maximum atomic E-state index is 11.6. The van der Waals surface area contributed by atoms with Gasteiger partial charge >= 0.3 is 5.69 Å². The highest BCUT2D eigenvalue weighted by Crippen LogP contribution is 2.29. The molecule has 0 aliphatic carbocycles. The lowest BCUT2D eigenvalue weighted by molar-refractivity contribution is 0.534. The third-order valence-electron chi connectivity index (χ3n) is 2.69. The molecule has 0 amide bonds. The Morgan fingerprint density at radius 2 is 2.26 bits per heavy atom. The summed E-state index contributed by atoms with van der Waals surface area (Å²) in [6.45, 7) is 3.90. The van der Waals surface area contributed by atoms with E-state index in [0.29, 0.717) is 10.9 Å². The Labute approximate surface area is 123 Å². The highest BCUT2D eigenvalue weighted by atomic mass is 79.9. The van der Waals surface area contributed by atoms with Gasteiger partial charge in [-0.25, -0.2) is 9.89 Å². The third-order valence-corrected chi connectivity index (χ3v) is 4.41. The second-order valence-electron chi connectivity index (χ2n) is 4.37. The predicted octanol–water partition coefficient (Wildman–Crippen LogP) is 2.79. The van der Waals surface area contributed by atoms with E-state index in [9.17, 15) is 4.79 Å². The standard InChI is InChI=1S/C12H15BrN4OS/c1-7(2)17-11(18)15-16-12(17)19-6-8-9(13)4-3-5-10(8)14/h3-5,7H,6,14H2,1-2H3,(H,15,18). The zero-order chi connectivity index (χ0) is 14.0. The summed E-state index contributed by atoms with van der Waals surface area (Å²) in [4.78, 5) is 11.6. The molecule has 1 heterocycles. The largest absolute Gasteiger partial charge is 0.398 e. The fourth-order valence-electron chi connectivity index (χ4n) is 1.71. The first-order chi connectivity index (χ1) is 9.00. The molecule has 0 aliphatic rings. The Kier molecular flexibility index (Phi) is 4.36. The lowest BCUT2D eigenvalue weighted by Crippen LogP contribution is -2.19. The maximum Gasteiger partial charge on any atom is 0.344 e. The number of nitrogen functional groups attached to an aromatic ring is 1. The smallest absolute Gasteiger partial charge is 0.344 e. The van der Waals surface area contributed by atoms with Crippen molar-refractivity contribution in [2.24, 2.45) is 0 Å². The van der Waals surface area contributed by atoms with Gasteiger partial charge in [0.25, 0.3) is 0 Å². The van der Waals surface area contributed by atoms with Gasteiger partial charge in [0.05, 0.1) is 0 Å². The Balaban J connectivity index is 2.22. The average Bonchev–Trinajstić information content (AvgIpc) is 2.70. The number of nitrogens with two attached hydrogens (primary N) is 1. The van der Waals surface area contributed by atoms with Crippen molar-refractivity contribution in [2.75, 3.05) is 5.73 Å². The van der Waals surface area contributed by atoms with Crippen molar-refractivity contribution in [3.63, 3.8) is 0 Å². The van der Waals surface area contributed by atoms with Gasteiger partial charge in [0.2, 0.25) is 0 Å². The van der Waals surface area contributed by atoms with Crippen molar-refractivity contribution in [3.8, 4) is 0 Å². The van der Waals surface area contributed by atoms with Crippen molar-refractivity contribution in [1.82, 2.24) is 14.8 Å². The van der Waals surface area contributed by atoms with Crippen molar-refractivity contribution in [2.45, 2.75) is 30.8 Å². The molecule has 7 heteroatoms. The number of aromatic amines is 1. The van der Waals surface area contributed by atoms with Crippen LogP contribution in [0.25, 0.3) is 0 Å². The van der Waals surface area contributed by atoms with Gasteiger partial charge in [-0.15, -0.1) is 5.10 Å². The number of H-pyrrole nitrogens is 1. The lowest BCUT2D eigenvalue weighted by atomic mass is 10.2. The van der Waals surface area contributed by atoms with E-state index >= 15 is 0 Å². The van der Waals surface area contributed by atoms with Crippen LogP contribution < -0.4 is 11.4 Å². The van der Waals surface area contributed by atoms with E-state index in [2.05, 4.69) is 26.1 Å². The lowest BCUT2D eigenvalue weighted by Gasteiger charge is -2.10. The molecule has 3 N–H and O–H groups in total. The van der Waals surface area contributed by atoms with Crippen LogP contribution in [0.5, 0.6) is 0 Å². The highest BCUT2D eigenvalue weighted by molar-refractivity contribution is 9.10. The second-order valence-corrected chi connectivity index (χ2v) is 6.17. The van der Waals surface area contributed by atoms with E-state index in [1.807, 2.05) is 32.0 Å². The van der Waals surface area contributed by atoms with Crippen LogP contribution in [0.2, 0.25) is 0 Å². The quantitative estimate of drug-likeness (QED) is 0.661. The normalized spacial score (nSPS) is 11.2. The molecule has 102 valence electrons. The number of aromatic nitrogens is 3. The van der Waals surface area contributed by atoms with Crippen molar-refractivity contribution in [1.29, 1.82) is 0 Å². The summed E-state index contributed by atoms with van der Waals surface area (Å²) in [7, 11) is 0. The summed E-state index contributed by atoms with van der Waals surface area (Å²) in [6, 6.07) is 5.78. The molecule has 1 aromatic heterocycles. The highest BCUT2D eigenvalue weighted by Gasteiger charge is 2.13. The summed E-state index contributed by atoms with van der Waals surface area (Å²) in [5, 5.41) is 7.20. The molecule has 0 radical (unpaired) electrons. The molecule has 2 rings (SSSR count). The molecule has 0 atom stereocenters. The fraction of sp³-hybridized carbons (Fsp3) is 0.333. The number of rotatable bonds is 4. The fourth-order valence-corrected chi connectivity index (χ4v) is 3.56. The van der Waals surface area contributed by atoms with Crippen LogP contribution in [0.1, 0.15) is 25.5 Å². The van der Waals surface area contributed by atoms with Crippen LogP contribution in [0.15, 0.2) is 32.6 Å². The Morgan fingerprint density at radius 1 is 1.53 bits per heavy atom. The van der Waals surface area contributed by atoms with Crippen LogP contribution in [0.4, 0.5) is 5.69 Å². The summed E-state index contributed by atoms with van der Waals surface area (Å²) >= 11 is 4.97. The molecule has 0 unspecified atom stereocenters. The van der Waals surface area contributed by atoms with Crippen molar-refractivity contribution >= 4 is 33.4 Å². The average molecular weight is 343 g/mol. The Bertz CT molecular complexity index is 615. The van der Waals surface area contributed by atoms with Crippen LogP contribution in [0, 0.1) is 0 Å².